The summed E-state index contributed by atoms with van der Waals surface area (Å²) in [6.07, 6.45) is 1.17. The second kappa shape index (κ2) is 5.36. The Balaban J connectivity index is 2.25. The van der Waals surface area contributed by atoms with Crippen LogP contribution in [0.5, 0.6) is 0 Å². The van der Waals surface area contributed by atoms with E-state index in [2.05, 4.69) is 23.8 Å². The van der Waals surface area contributed by atoms with Crippen LogP contribution in [-0.2, 0) is 0 Å². The van der Waals surface area contributed by atoms with Crippen molar-refractivity contribution in [1.29, 1.82) is 0 Å². The second-order valence-electron chi connectivity index (χ2n) is 4.23. The number of fused-ring (bicyclic) bond motifs is 1. The highest BCUT2D eigenvalue weighted by Gasteiger charge is 2.08. The number of benzene rings is 1. The molecule has 0 saturated carbocycles. The summed E-state index contributed by atoms with van der Waals surface area (Å²) < 4.78 is 0. The molecule has 1 heterocycles. The molecule has 1 aromatic heterocycles. The van der Waals surface area contributed by atoms with Gasteiger partial charge in [0.15, 0.2) is 5.82 Å². The van der Waals surface area contributed by atoms with Gasteiger partial charge < -0.3 is 5.73 Å². The molecule has 0 radical (unpaired) electrons. The van der Waals surface area contributed by atoms with Crippen LogP contribution in [0.1, 0.15) is 20.3 Å². The monoisotopic (exact) mass is 247 g/mol. The van der Waals surface area contributed by atoms with Gasteiger partial charge in [-0.15, -0.1) is 11.8 Å². The molecule has 4 heteroatoms. The highest BCUT2D eigenvalue weighted by molar-refractivity contribution is 7.99. The molecule has 0 aliphatic carbocycles. The fraction of sp³-hybridized carbons (Fsp3) is 0.385. The molecular formula is C13H17N3S. The number of rotatable bonds is 4. The van der Waals surface area contributed by atoms with Gasteiger partial charge >= 0.3 is 0 Å². The van der Waals surface area contributed by atoms with Gasteiger partial charge in [-0.1, -0.05) is 32.4 Å². The molecule has 0 amide bonds. The van der Waals surface area contributed by atoms with E-state index in [9.17, 15) is 0 Å². The third-order valence-corrected chi connectivity index (χ3v) is 4.07. The number of nitrogen functional groups attached to an aromatic ring is 1. The smallest absolute Gasteiger partial charge is 0.156 e. The molecule has 17 heavy (non-hydrogen) atoms. The summed E-state index contributed by atoms with van der Waals surface area (Å²) in [6.45, 7) is 4.43. The molecule has 0 aliphatic rings. The van der Waals surface area contributed by atoms with Crippen molar-refractivity contribution < 1.29 is 0 Å². The molecular weight excluding hydrogens is 230 g/mol. The Labute approximate surface area is 106 Å². The average Bonchev–Trinajstić information content (AvgIpc) is 2.35. The molecule has 3 nitrogen and oxygen atoms in total. The summed E-state index contributed by atoms with van der Waals surface area (Å²) in [5.41, 5.74) is 7.69. The van der Waals surface area contributed by atoms with Crippen molar-refractivity contribution in [1.82, 2.24) is 9.97 Å². The third-order valence-electron chi connectivity index (χ3n) is 2.77. The SMILES string of the molecule is CCC(C)CSc1nc2ccccc2nc1N. The number of thioether (sulfide) groups is 1. The Kier molecular flexibility index (Phi) is 3.84. The van der Waals surface area contributed by atoms with Crippen molar-refractivity contribution in [3.05, 3.63) is 24.3 Å². The van der Waals surface area contributed by atoms with E-state index in [-0.39, 0.29) is 0 Å². The summed E-state index contributed by atoms with van der Waals surface area (Å²) in [6, 6.07) is 7.82. The van der Waals surface area contributed by atoms with Gasteiger partial charge in [-0.05, 0) is 18.1 Å². The predicted octanol–water partition coefficient (Wildman–Crippen LogP) is 3.35. The Hall–Kier alpha value is -1.29. The molecule has 1 atom stereocenters. The van der Waals surface area contributed by atoms with Crippen molar-refractivity contribution in [2.45, 2.75) is 25.3 Å². The zero-order valence-corrected chi connectivity index (χ0v) is 11.0. The van der Waals surface area contributed by atoms with E-state index in [1.54, 1.807) is 11.8 Å². The number of hydrogen-bond acceptors (Lipinski definition) is 4. The minimum Gasteiger partial charge on any atom is -0.381 e. The summed E-state index contributed by atoms with van der Waals surface area (Å²) in [5, 5.41) is 0.851. The molecule has 0 spiro atoms. The van der Waals surface area contributed by atoms with E-state index in [1.807, 2.05) is 24.3 Å². The van der Waals surface area contributed by atoms with Gasteiger partial charge in [0.1, 0.15) is 5.03 Å². The first-order valence-electron chi connectivity index (χ1n) is 5.85. The minimum atomic E-state index is 0.539. The van der Waals surface area contributed by atoms with Crippen LogP contribution in [-0.4, -0.2) is 15.7 Å². The molecule has 1 unspecified atom stereocenters. The summed E-state index contributed by atoms with van der Waals surface area (Å²) in [4.78, 5) is 8.93. The van der Waals surface area contributed by atoms with E-state index >= 15 is 0 Å². The van der Waals surface area contributed by atoms with Crippen LogP contribution < -0.4 is 5.73 Å². The quantitative estimate of drug-likeness (QED) is 0.842. The Morgan fingerprint density at radius 2 is 1.88 bits per heavy atom. The number of anilines is 1. The van der Waals surface area contributed by atoms with Crippen molar-refractivity contribution in [3.8, 4) is 0 Å². The first-order chi connectivity index (χ1) is 8.20. The number of para-hydroxylation sites is 2. The van der Waals surface area contributed by atoms with Gasteiger partial charge in [0.2, 0.25) is 0 Å². The maximum Gasteiger partial charge on any atom is 0.156 e. The molecule has 1 aromatic carbocycles. The van der Waals surface area contributed by atoms with Gasteiger partial charge in [-0.3, -0.25) is 0 Å². The van der Waals surface area contributed by atoms with Gasteiger partial charge in [0, 0.05) is 5.75 Å². The van der Waals surface area contributed by atoms with Crippen LogP contribution in [0.4, 0.5) is 5.82 Å². The predicted molar refractivity (Wildman–Crippen MR) is 74.1 cm³/mol. The summed E-state index contributed by atoms with van der Waals surface area (Å²) in [7, 11) is 0. The first-order valence-corrected chi connectivity index (χ1v) is 6.84. The number of aromatic nitrogens is 2. The Bertz CT molecular complexity index is 513. The summed E-state index contributed by atoms with van der Waals surface area (Å²) >= 11 is 1.70. The largest absolute Gasteiger partial charge is 0.381 e. The highest BCUT2D eigenvalue weighted by atomic mass is 32.2. The maximum atomic E-state index is 5.92. The van der Waals surface area contributed by atoms with Crippen LogP contribution in [0.15, 0.2) is 29.3 Å². The molecule has 2 rings (SSSR count). The lowest BCUT2D eigenvalue weighted by atomic mass is 10.2. The van der Waals surface area contributed by atoms with E-state index < -0.39 is 0 Å². The molecule has 0 bridgehead atoms. The highest BCUT2D eigenvalue weighted by Crippen LogP contribution is 2.26. The number of hydrogen-bond donors (Lipinski definition) is 1. The fourth-order valence-corrected chi connectivity index (χ4v) is 2.48. The van der Waals surface area contributed by atoms with Gasteiger partial charge in [0.25, 0.3) is 0 Å². The molecule has 90 valence electrons. The van der Waals surface area contributed by atoms with Crippen LogP contribution in [0.3, 0.4) is 0 Å². The lowest BCUT2D eigenvalue weighted by Crippen LogP contribution is -2.00. The van der Waals surface area contributed by atoms with Crippen molar-refractivity contribution in [3.63, 3.8) is 0 Å². The zero-order chi connectivity index (χ0) is 12.3. The van der Waals surface area contributed by atoms with Crippen LogP contribution in [0, 0.1) is 5.92 Å². The molecule has 0 fully saturated rings. The molecule has 0 aliphatic heterocycles. The van der Waals surface area contributed by atoms with Crippen molar-refractivity contribution in [2.24, 2.45) is 5.92 Å². The van der Waals surface area contributed by atoms with E-state index in [0.717, 1.165) is 21.8 Å². The van der Waals surface area contributed by atoms with Crippen molar-refractivity contribution >= 4 is 28.6 Å². The number of nitrogens with zero attached hydrogens (tertiary/aromatic N) is 2. The van der Waals surface area contributed by atoms with Gasteiger partial charge in [-0.2, -0.15) is 0 Å². The average molecular weight is 247 g/mol. The standard InChI is InChI=1S/C13H17N3S/c1-3-9(2)8-17-13-12(14)15-10-6-4-5-7-11(10)16-13/h4-7,9H,3,8H2,1-2H3,(H2,14,15). The Morgan fingerprint density at radius 3 is 2.53 bits per heavy atom. The lowest BCUT2D eigenvalue weighted by molar-refractivity contribution is 0.636. The van der Waals surface area contributed by atoms with Crippen molar-refractivity contribution in [2.75, 3.05) is 11.5 Å². The Morgan fingerprint density at radius 1 is 1.24 bits per heavy atom. The zero-order valence-electron chi connectivity index (χ0n) is 10.2. The fourth-order valence-electron chi connectivity index (χ4n) is 1.44. The topological polar surface area (TPSA) is 51.8 Å². The van der Waals surface area contributed by atoms with E-state index in [4.69, 9.17) is 5.73 Å². The molecule has 2 N–H and O–H groups in total. The summed E-state index contributed by atoms with van der Waals surface area (Å²) in [5.74, 6) is 2.25. The normalized spacial score (nSPS) is 12.8. The van der Waals surface area contributed by atoms with E-state index in [0.29, 0.717) is 11.7 Å². The van der Waals surface area contributed by atoms with Crippen LogP contribution >= 0.6 is 11.8 Å². The van der Waals surface area contributed by atoms with Gasteiger partial charge in [-0.25, -0.2) is 9.97 Å². The molecule has 0 saturated heterocycles. The minimum absolute atomic E-state index is 0.539. The van der Waals surface area contributed by atoms with E-state index in [1.165, 1.54) is 6.42 Å². The van der Waals surface area contributed by atoms with Crippen LogP contribution in [0.25, 0.3) is 11.0 Å². The second-order valence-corrected chi connectivity index (χ2v) is 5.24. The maximum absolute atomic E-state index is 5.92. The van der Waals surface area contributed by atoms with Gasteiger partial charge in [0.05, 0.1) is 11.0 Å². The third kappa shape index (κ3) is 2.88. The lowest BCUT2D eigenvalue weighted by Gasteiger charge is -2.09. The van der Waals surface area contributed by atoms with Crippen LogP contribution in [0.2, 0.25) is 0 Å². The first kappa shape index (κ1) is 12.2. The molecule has 2 aromatic rings. The number of nitrogens with two attached hydrogens (primary N) is 1.